The lowest BCUT2D eigenvalue weighted by Crippen LogP contribution is -2.06. The van der Waals surface area contributed by atoms with Crippen LogP contribution in [0.4, 0.5) is 11.4 Å². The molecule has 0 saturated heterocycles. The van der Waals surface area contributed by atoms with Crippen LogP contribution in [-0.4, -0.2) is 31.6 Å². The summed E-state index contributed by atoms with van der Waals surface area (Å²) in [5.41, 5.74) is 1.83. The van der Waals surface area contributed by atoms with Crippen molar-refractivity contribution in [3.63, 3.8) is 0 Å². The minimum absolute atomic E-state index is 0.0476. The molecule has 4 aromatic rings. The molecule has 0 aliphatic heterocycles. The quantitative estimate of drug-likeness (QED) is 0.402. The molecule has 8 heteroatoms. The highest BCUT2D eigenvalue weighted by Crippen LogP contribution is 2.30. The Bertz CT molecular complexity index is 1090. The molecular weight excluding hydrogens is 344 g/mol. The Hall–Kier alpha value is -3.81. The molecule has 4 rings (SSSR count). The monoisotopic (exact) mass is 360 g/mol. The van der Waals surface area contributed by atoms with Crippen LogP contribution in [0.1, 0.15) is 5.82 Å². The topological polar surface area (TPSA) is 110 Å². The number of nitro benzene ring substituents is 1. The predicted molar refractivity (Wildman–Crippen MR) is 102 cm³/mol. The second-order valence-electron chi connectivity index (χ2n) is 5.96. The molecule has 2 aromatic heterocycles. The number of rotatable bonds is 6. The van der Waals surface area contributed by atoms with Crippen molar-refractivity contribution in [2.75, 3.05) is 11.9 Å². The Labute approximate surface area is 154 Å². The second-order valence-corrected chi connectivity index (χ2v) is 5.96. The highest BCUT2D eigenvalue weighted by atomic mass is 16.6. The Morgan fingerprint density at radius 3 is 2.74 bits per heavy atom. The van der Waals surface area contributed by atoms with Crippen LogP contribution in [0, 0.1) is 10.1 Å². The number of anilines is 1. The Kier molecular flexibility index (Phi) is 4.44. The summed E-state index contributed by atoms with van der Waals surface area (Å²) in [6.45, 7) is 0.610. The molecule has 0 aliphatic carbocycles. The Balaban J connectivity index is 1.48. The van der Waals surface area contributed by atoms with E-state index in [0.717, 1.165) is 22.5 Å². The molecule has 0 amide bonds. The molecule has 0 atom stereocenters. The van der Waals surface area contributed by atoms with Gasteiger partial charge >= 0.3 is 0 Å². The maximum absolute atomic E-state index is 11.2. The average Bonchev–Trinajstić information content (AvgIpc) is 3.17. The molecule has 0 fully saturated rings. The first-order chi connectivity index (χ1) is 13.2. The van der Waals surface area contributed by atoms with Crippen molar-refractivity contribution in [2.45, 2.75) is 6.42 Å². The van der Waals surface area contributed by atoms with Gasteiger partial charge in [-0.05, 0) is 12.1 Å². The summed E-state index contributed by atoms with van der Waals surface area (Å²) in [7, 11) is 0. The lowest BCUT2D eigenvalue weighted by molar-refractivity contribution is -0.383. The number of H-pyrrole nitrogens is 1. The van der Waals surface area contributed by atoms with Gasteiger partial charge in [0.2, 0.25) is 0 Å². The van der Waals surface area contributed by atoms with Crippen LogP contribution >= 0.6 is 0 Å². The van der Waals surface area contributed by atoms with E-state index < -0.39 is 4.92 Å². The number of non-ortho nitro benzene ring substituents is 1. The summed E-state index contributed by atoms with van der Waals surface area (Å²) in [6.07, 6.45) is 3.78. The smallest absolute Gasteiger partial charge is 0.278 e. The molecular formula is C19H16N6O2. The van der Waals surface area contributed by atoms with E-state index in [0.29, 0.717) is 24.2 Å². The summed E-state index contributed by atoms with van der Waals surface area (Å²) < 4.78 is 0. The number of nitro groups is 1. The van der Waals surface area contributed by atoms with Crippen LogP contribution in [-0.2, 0) is 6.42 Å². The molecule has 0 saturated carbocycles. The third-order valence-corrected chi connectivity index (χ3v) is 4.23. The number of benzene rings is 2. The molecule has 2 aromatic carbocycles. The minimum atomic E-state index is -0.395. The first-order valence-corrected chi connectivity index (χ1v) is 8.44. The Morgan fingerprint density at radius 2 is 1.93 bits per heavy atom. The first-order valence-electron chi connectivity index (χ1n) is 8.44. The molecule has 2 N–H and O–H groups in total. The summed E-state index contributed by atoms with van der Waals surface area (Å²) >= 11 is 0. The van der Waals surface area contributed by atoms with E-state index in [1.165, 1.54) is 12.3 Å². The number of fused-ring (bicyclic) bond motifs is 1. The number of nitrogens with one attached hydrogen (secondary N) is 2. The number of nitrogens with zero attached hydrogens (tertiary/aromatic N) is 4. The SMILES string of the molecule is O=[N+]([O-])c1ccc(NCCc2nc(-c3ccccc3)n[nH]2)c2ccncc12. The zero-order valence-electron chi connectivity index (χ0n) is 14.3. The number of pyridine rings is 1. The zero-order valence-corrected chi connectivity index (χ0v) is 14.3. The number of hydrogen-bond acceptors (Lipinski definition) is 6. The molecule has 0 spiro atoms. The third-order valence-electron chi connectivity index (χ3n) is 4.23. The molecule has 0 radical (unpaired) electrons. The molecule has 8 nitrogen and oxygen atoms in total. The van der Waals surface area contributed by atoms with E-state index in [2.05, 4.69) is 25.5 Å². The van der Waals surface area contributed by atoms with Crippen LogP contribution in [0.2, 0.25) is 0 Å². The van der Waals surface area contributed by atoms with E-state index in [1.807, 2.05) is 30.3 Å². The van der Waals surface area contributed by atoms with Gasteiger partial charge < -0.3 is 5.32 Å². The van der Waals surface area contributed by atoms with Gasteiger partial charge in [0.25, 0.3) is 5.69 Å². The molecule has 0 aliphatic rings. The zero-order chi connectivity index (χ0) is 18.6. The van der Waals surface area contributed by atoms with Gasteiger partial charge in [0.05, 0.1) is 10.3 Å². The fraction of sp³-hybridized carbons (Fsp3) is 0.105. The van der Waals surface area contributed by atoms with Crippen LogP contribution in [0.5, 0.6) is 0 Å². The number of aromatic amines is 1. The lowest BCUT2D eigenvalue weighted by Gasteiger charge is -2.09. The van der Waals surface area contributed by atoms with Gasteiger partial charge in [-0.15, -0.1) is 0 Å². The first kappa shape index (κ1) is 16.6. The van der Waals surface area contributed by atoms with E-state index in [4.69, 9.17) is 0 Å². The normalized spacial score (nSPS) is 10.8. The lowest BCUT2D eigenvalue weighted by atomic mass is 10.1. The minimum Gasteiger partial charge on any atom is -0.384 e. The summed E-state index contributed by atoms with van der Waals surface area (Å²) in [5, 5.41) is 23.0. The van der Waals surface area contributed by atoms with E-state index in [1.54, 1.807) is 18.3 Å². The molecule has 27 heavy (non-hydrogen) atoms. The van der Waals surface area contributed by atoms with E-state index in [9.17, 15) is 10.1 Å². The van der Waals surface area contributed by atoms with Crippen molar-refractivity contribution in [1.82, 2.24) is 20.2 Å². The highest BCUT2D eigenvalue weighted by Gasteiger charge is 2.14. The average molecular weight is 360 g/mol. The molecule has 134 valence electrons. The van der Waals surface area contributed by atoms with Gasteiger partial charge in [0, 0.05) is 48.1 Å². The van der Waals surface area contributed by atoms with Gasteiger partial charge in [-0.25, -0.2) is 4.98 Å². The van der Waals surface area contributed by atoms with Crippen molar-refractivity contribution < 1.29 is 4.92 Å². The fourth-order valence-corrected chi connectivity index (χ4v) is 2.93. The van der Waals surface area contributed by atoms with Crippen LogP contribution in [0.3, 0.4) is 0 Å². The molecule has 2 heterocycles. The Morgan fingerprint density at radius 1 is 1.07 bits per heavy atom. The van der Waals surface area contributed by atoms with Crippen molar-refractivity contribution in [3.8, 4) is 11.4 Å². The van der Waals surface area contributed by atoms with Gasteiger partial charge in [0.15, 0.2) is 5.82 Å². The molecule has 0 bridgehead atoms. The summed E-state index contributed by atoms with van der Waals surface area (Å²) in [6, 6.07) is 14.7. The highest BCUT2D eigenvalue weighted by molar-refractivity contribution is 5.99. The number of aromatic nitrogens is 4. The maximum Gasteiger partial charge on any atom is 0.278 e. The van der Waals surface area contributed by atoms with Crippen molar-refractivity contribution >= 4 is 22.1 Å². The van der Waals surface area contributed by atoms with Gasteiger partial charge in [0.1, 0.15) is 5.82 Å². The van der Waals surface area contributed by atoms with Crippen LogP contribution in [0.25, 0.3) is 22.2 Å². The molecule has 0 unspecified atom stereocenters. The van der Waals surface area contributed by atoms with Crippen LogP contribution in [0.15, 0.2) is 60.9 Å². The summed E-state index contributed by atoms with van der Waals surface area (Å²) in [4.78, 5) is 19.3. The van der Waals surface area contributed by atoms with E-state index >= 15 is 0 Å². The summed E-state index contributed by atoms with van der Waals surface area (Å²) in [5.74, 6) is 1.44. The van der Waals surface area contributed by atoms with Crippen LogP contribution < -0.4 is 5.32 Å². The number of hydrogen-bond donors (Lipinski definition) is 2. The predicted octanol–water partition coefficient (Wildman–Crippen LogP) is 3.58. The van der Waals surface area contributed by atoms with Gasteiger partial charge in [-0.1, -0.05) is 30.3 Å². The van der Waals surface area contributed by atoms with Crippen molar-refractivity contribution in [2.24, 2.45) is 0 Å². The van der Waals surface area contributed by atoms with Crippen molar-refractivity contribution in [1.29, 1.82) is 0 Å². The fourth-order valence-electron chi connectivity index (χ4n) is 2.93. The van der Waals surface area contributed by atoms with Gasteiger partial charge in [-0.2, -0.15) is 5.10 Å². The van der Waals surface area contributed by atoms with Gasteiger partial charge in [-0.3, -0.25) is 20.2 Å². The van der Waals surface area contributed by atoms with Crippen molar-refractivity contribution in [3.05, 3.63) is 76.9 Å². The maximum atomic E-state index is 11.2. The standard InChI is InChI=1S/C19H16N6O2/c26-25(27)17-7-6-16(14-8-10-20-12-15(14)17)21-11-9-18-22-19(24-23-18)13-4-2-1-3-5-13/h1-8,10,12,21H,9,11H2,(H,22,23,24). The largest absolute Gasteiger partial charge is 0.384 e. The van der Waals surface area contributed by atoms with E-state index in [-0.39, 0.29) is 5.69 Å². The second kappa shape index (κ2) is 7.20. The third kappa shape index (κ3) is 3.45.